The zero-order chi connectivity index (χ0) is 12.7. The number of carbonyl (C=O) groups is 1. The Morgan fingerprint density at radius 3 is 2.41 bits per heavy atom. The first-order valence-corrected chi connectivity index (χ1v) is 6.19. The molecule has 17 heavy (non-hydrogen) atoms. The molecule has 0 unspecified atom stereocenters. The summed E-state index contributed by atoms with van der Waals surface area (Å²) in [5.41, 5.74) is 5.44. The van der Waals surface area contributed by atoms with Crippen molar-refractivity contribution in [2.24, 2.45) is 10.9 Å². The van der Waals surface area contributed by atoms with E-state index in [0.29, 0.717) is 6.54 Å². The Morgan fingerprint density at radius 1 is 1.35 bits per heavy atom. The molecule has 0 radical (unpaired) electrons. The van der Waals surface area contributed by atoms with Crippen LogP contribution in [0.15, 0.2) is 5.16 Å². The third-order valence-corrected chi connectivity index (χ3v) is 3.01. The maximum Gasteiger partial charge on any atom is 0.320 e. The topological polar surface area (TPSA) is 82.2 Å². The summed E-state index contributed by atoms with van der Waals surface area (Å²) in [6.07, 6.45) is 4.51. The van der Waals surface area contributed by atoms with Crippen molar-refractivity contribution in [1.29, 1.82) is 0 Å². The lowest BCUT2D eigenvalue weighted by atomic mass is 10.2. The third kappa shape index (κ3) is 4.13. The minimum Gasteiger partial charge on any atom is -0.409 e. The number of oxime groups is 1. The maximum absolute atomic E-state index is 12.2. The molecule has 0 aromatic carbocycles. The van der Waals surface area contributed by atoms with Gasteiger partial charge in [0.05, 0.1) is 6.54 Å². The molecule has 1 saturated heterocycles. The lowest BCUT2D eigenvalue weighted by Crippen LogP contribution is -2.46. The van der Waals surface area contributed by atoms with Gasteiger partial charge in [0, 0.05) is 19.6 Å². The summed E-state index contributed by atoms with van der Waals surface area (Å²) >= 11 is 0. The number of carbonyl (C=O) groups excluding carboxylic acids is 1. The normalized spacial score (nSPS) is 17.7. The van der Waals surface area contributed by atoms with Crippen LogP contribution < -0.4 is 5.73 Å². The van der Waals surface area contributed by atoms with E-state index in [0.717, 1.165) is 25.9 Å². The zero-order valence-electron chi connectivity index (χ0n) is 10.4. The number of nitrogens with zero attached hydrogens (tertiary/aromatic N) is 3. The van der Waals surface area contributed by atoms with Gasteiger partial charge < -0.3 is 20.7 Å². The summed E-state index contributed by atoms with van der Waals surface area (Å²) in [5, 5.41) is 11.4. The molecule has 0 bridgehead atoms. The summed E-state index contributed by atoms with van der Waals surface area (Å²) in [5.74, 6) is 0.0648. The molecule has 1 aliphatic heterocycles. The van der Waals surface area contributed by atoms with E-state index in [1.54, 1.807) is 4.90 Å². The quantitative estimate of drug-likeness (QED) is 0.336. The second kappa shape index (κ2) is 6.98. The second-order valence-electron chi connectivity index (χ2n) is 4.29. The number of urea groups is 1. The molecule has 0 aromatic heterocycles. The van der Waals surface area contributed by atoms with Crippen LogP contribution in [0.2, 0.25) is 0 Å². The van der Waals surface area contributed by atoms with Gasteiger partial charge in [-0.15, -0.1) is 0 Å². The van der Waals surface area contributed by atoms with Crippen molar-refractivity contribution in [2.45, 2.75) is 32.6 Å². The van der Waals surface area contributed by atoms with Crippen LogP contribution in [0, 0.1) is 0 Å². The zero-order valence-corrected chi connectivity index (χ0v) is 10.4. The Bertz CT molecular complexity index is 273. The Morgan fingerprint density at radius 2 is 1.94 bits per heavy atom. The van der Waals surface area contributed by atoms with Crippen molar-refractivity contribution >= 4 is 11.9 Å². The number of amidine groups is 1. The Kier molecular flexibility index (Phi) is 5.59. The van der Waals surface area contributed by atoms with Crippen molar-refractivity contribution in [3.05, 3.63) is 0 Å². The first-order valence-electron chi connectivity index (χ1n) is 6.19. The molecule has 3 N–H and O–H groups in total. The molecule has 0 saturated carbocycles. The fraction of sp³-hybridized carbons (Fsp3) is 0.818. The largest absolute Gasteiger partial charge is 0.409 e. The van der Waals surface area contributed by atoms with Gasteiger partial charge in [0.25, 0.3) is 0 Å². The molecule has 1 fully saturated rings. The standard InChI is InChI=1S/C11H22N4O2/c1-2-14(9-10(12)13-17)11(16)15-7-5-3-4-6-8-15/h17H,2-9H2,1H3,(H2,12,13). The fourth-order valence-electron chi connectivity index (χ4n) is 2.00. The Hall–Kier alpha value is -1.46. The van der Waals surface area contributed by atoms with Gasteiger partial charge in [-0.3, -0.25) is 0 Å². The minimum absolute atomic E-state index is 0.0130. The SMILES string of the molecule is CCN(CC(N)=NO)C(=O)N1CCCCCC1. The molecule has 6 heteroatoms. The number of nitrogens with two attached hydrogens (primary N) is 1. The van der Waals surface area contributed by atoms with Crippen molar-refractivity contribution in [3.8, 4) is 0 Å². The Balaban J connectivity index is 2.57. The van der Waals surface area contributed by atoms with E-state index in [1.807, 2.05) is 11.8 Å². The van der Waals surface area contributed by atoms with Gasteiger partial charge >= 0.3 is 6.03 Å². The first kappa shape index (κ1) is 13.6. The van der Waals surface area contributed by atoms with E-state index >= 15 is 0 Å². The number of likely N-dealkylation sites (N-methyl/N-ethyl adjacent to an activating group) is 1. The van der Waals surface area contributed by atoms with Crippen LogP contribution >= 0.6 is 0 Å². The van der Waals surface area contributed by atoms with Crippen LogP contribution in [0.1, 0.15) is 32.6 Å². The maximum atomic E-state index is 12.2. The van der Waals surface area contributed by atoms with E-state index in [4.69, 9.17) is 10.9 Å². The van der Waals surface area contributed by atoms with Gasteiger partial charge in [0.1, 0.15) is 0 Å². The molecule has 2 amide bonds. The molecule has 98 valence electrons. The van der Waals surface area contributed by atoms with Crippen LogP contribution in [0.3, 0.4) is 0 Å². The molecule has 0 atom stereocenters. The smallest absolute Gasteiger partial charge is 0.320 e. The molecule has 0 aliphatic carbocycles. The van der Waals surface area contributed by atoms with Crippen molar-refractivity contribution in [2.75, 3.05) is 26.2 Å². The highest BCUT2D eigenvalue weighted by atomic mass is 16.4. The molecular weight excluding hydrogens is 220 g/mol. The number of amides is 2. The molecule has 1 heterocycles. The van der Waals surface area contributed by atoms with Crippen molar-refractivity contribution < 1.29 is 10.0 Å². The summed E-state index contributed by atoms with van der Waals surface area (Å²) in [6.45, 7) is 4.26. The number of hydrogen-bond acceptors (Lipinski definition) is 3. The van der Waals surface area contributed by atoms with Crippen molar-refractivity contribution in [1.82, 2.24) is 9.80 Å². The summed E-state index contributed by atoms with van der Waals surface area (Å²) in [7, 11) is 0. The van der Waals surface area contributed by atoms with Crippen LogP contribution in [0.25, 0.3) is 0 Å². The van der Waals surface area contributed by atoms with E-state index in [2.05, 4.69) is 5.16 Å². The van der Waals surface area contributed by atoms with Gasteiger partial charge in [-0.2, -0.15) is 0 Å². The van der Waals surface area contributed by atoms with Gasteiger partial charge in [-0.05, 0) is 19.8 Å². The molecule has 6 nitrogen and oxygen atoms in total. The minimum atomic E-state index is -0.0130. The lowest BCUT2D eigenvalue weighted by molar-refractivity contribution is 0.162. The average Bonchev–Trinajstić information content (AvgIpc) is 2.63. The number of likely N-dealkylation sites (tertiary alicyclic amines) is 1. The van der Waals surface area contributed by atoms with E-state index < -0.39 is 0 Å². The predicted molar refractivity (Wildman–Crippen MR) is 66.1 cm³/mol. The highest BCUT2D eigenvalue weighted by Gasteiger charge is 2.21. The van der Waals surface area contributed by atoms with Crippen LogP contribution in [0.4, 0.5) is 4.79 Å². The van der Waals surface area contributed by atoms with Crippen LogP contribution in [-0.2, 0) is 0 Å². The van der Waals surface area contributed by atoms with Gasteiger partial charge in [0.2, 0.25) is 0 Å². The monoisotopic (exact) mass is 242 g/mol. The molecular formula is C11H22N4O2. The average molecular weight is 242 g/mol. The Labute approximate surface area is 102 Å². The van der Waals surface area contributed by atoms with E-state index in [9.17, 15) is 4.79 Å². The lowest BCUT2D eigenvalue weighted by Gasteiger charge is -2.28. The second-order valence-corrected chi connectivity index (χ2v) is 4.29. The third-order valence-electron chi connectivity index (χ3n) is 3.01. The number of hydrogen-bond donors (Lipinski definition) is 2. The predicted octanol–water partition coefficient (Wildman–Crippen LogP) is 1.05. The van der Waals surface area contributed by atoms with E-state index in [-0.39, 0.29) is 18.4 Å². The van der Waals surface area contributed by atoms with Crippen LogP contribution in [0.5, 0.6) is 0 Å². The van der Waals surface area contributed by atoms with Gasteiger partial charge in [-0.25, -0.2) is 4.79 Å². The van der Waals surface area contributed by atoms with Gasteiger partial charge in [0.15, 0.2) is 5.84 Å². The molecule has 1 aliphatic rings. The van der Waals surface area contributed by atoms with Crippen molar-refractivity contribution in [3.63, 3.8) is 0 Å². The first-order chi connectivity index (χ1) is 8.19. The highest BCUT2D eigenvalue weighted by Crippen LogP contribution is 2.11. The van der Waals surface area contributed by atoms with E-state index in [1.165, 1.54) is 12.8 Å². The summed E-state index contributed by atoms with van der Waals surface area (Å²) < 4.78 is 0. The molecule has 0 aromatic rings. The summed E-state index contributed by atoms with van der Waals surface area (Å²) in [4.78, 5) is 15.7. The molecule has 1 rings (SSSR count). The number of rotatable bonds is 3. The summed E-state index contributed by atoms with van der Waals surface area (Å²) in [6, 6.07) is -0.0130. The van der Waals surface area contributed by atoms with Gasteiger partial charge in [-0.1, -0.05) is 18.0 Å². The fourth-order valence-corrected chi connectivity index (χ4v) is 2.00. The highest BCUT2D eigenvalue weighted by molar-refractivity contribution is 5.86. The van der Waals surface area contributed by atoms with Crippen LogP contribution in [-0.4, -0.2) is 53.1 Å². The molecule has 0 spiro atoms.